The minimum atomic E-state index is -0.584. The molecule has 0 spiro atoms. The van der Waals surface area contributed by atoms with E-state index in [1.165, 1.54) is 0 Å². The van der Waals surface area contributed by atoms with Gasteiger partial charge >= 0.3 is 0 Å². The molecule has 156 valence electrons. The highest BCUT2D eigenvalue weighted by atomic mass is 16.5. The van der Waals surface area contributed by atoms with Crippen LogP contribution in [0.2, 0.25) is 0 Å². The molecule has 0 radical (unpaired) electrons. The normalized spacial score (nSPS) is 13.4. The van der Waals surface area contributed by atoms with Crippen LogP contribution >= 0.6 is 0 Å². The first-order valence-electron chi connectivity index (χ1n) is 10.2. The van der Waals surface area contributed by atoms with Gasteiger partial charge in [0.2, 0.25) is 0 Å². The fraction of sp³-hybridized carbons (Fsp3) is 0.417. The molecule has 0 aliphatic carbocycles. The van der Waals surface area contributed by atoms with Crippen molar-refractivity contribution in [2.45, 2.75) is 45.8 Å². The second-order valence-corrected chi connectivity index (χ2v) is 7.43. The van der Waals surface area contributed by atoms with Crippen LogP contribution in [0.1, 0.15) is 33.6 Å². The summed E-state index contributed by atoms with van der Waals surface area (Å²) < 4.78 is 18.0. The van der Waals surface area contributed by atoms with Gasteiger partial charge in [-0.1, -0.05) is 37.6 Å². The summed E-state index contributed by atoms with van der Waals surface area (Å²) in [6.45, 7) is 6.57. The molecule has 5 nitrogen and oxygen atoms in total. The van der Waals surface area contributed by atoms with E-state index in [1.54, 1.807) is 13.8 Å². The smallest absolute Gasteiger partial charge is 0.135 e. The molecule has 2 N–H and O–H groups in total. The lowest BCUT2D eigenvalue weighted by molar-refractivity contribution is 0.123. The van der Waals surface area contributed by atoms with E-state index in [4.69, 9.17) is 14.2 Å². The zero-order valence-corrected chi connectivity index (χ0v) is 17.4. The van der Waals surface area contributed by atoms with Gasteiger partial charge < -0.3 is 24.4 Å². The lowest BCUT2D eigenvalue weighted by Crippen LogP contribution is -2.14. The average molecular weight is 398 g/mol. The molecule has 0 heterocycles. The molecule has 3 aromatic rings. The van der Waals surface area contributed by atoms with Gasteiger partial charge in [0.15, 0.2) is 0 Å². The van der Waals surface area contributed by atoms with Gasteiger partial charge in [0.05, 0.1) is 18.8 Å². The van der Waals surface area contributed by atoms with Crippen molar-refractivity contribution in [3.8, 4) is 17.2 Å². The third kappa shape index (κ3) is 5.11. The molecule has 0 saturated heterocycles. The summed E-state index contributed by atoms with van der Waals surface area (Å²) in [5.41, 5.74) is 0. The number of ether oxygens (including phenoxy) is 3. The average Bonchev–Trinajstić information content (AvgIpc) is 2.70. The van der Waals surface area contributed by atoms with E-state index in [1.807, 2.05) is 42.5 Å². The first-order chi connectivity index (χ1) is 14.0. The Morgan fingerprint density at radius 1 is 0.759 bits per heavy atom. The predicted octanol–water partition coefficient (Wildman–Crippen LogP) is 4.69. The van der Waals surface area contributed by atoms with Crippen LogP contribution in [0.15, 0.2) is 42.5 Å². The van der Waals surface area contributed by atoms with Crippen LogP contribution in [0, 0.1) is 0 Å². The van der Waals surface area contributed by atoms with Gasteiger partial charge in [0, 0.05) is 21.5 Å². The minimum Gasteiger partial charge on any atom is -0.494 e. The highest BCUT2D eigenvalue weighted by molar-refractivity contribution is 6.11. The highest BCUT2D eigenvalue weighted by Crippen LogP contribution is 2.44. The number of unbranched alkanes of at least 4 members (excludes halogenated alkanes) is 1. The molecule has 3 aromatic carbocycles. The quantitative estimate of drug-likeness (QED) is 0.383. The topological polar surface area (TPSA) is 68.2 Å². The first-order valence-corrected chi connectivity index (χ1v) is 10.2. The van der Waals surface area contributed by atoms with E-state index in [-0.39, 0.29) is 13.2 Å². The molecule has 2 atom stereocenters. The Morgan fingerprint density at radius 2 is 1.31 bits per heavy atom. The summed E-state index contributed by atoms with van der Waals surface area (Å²) in [6, 6.07) is 13.7. The van der Waals surface area contributed by atoms with Crippen molar-refractivity contribution in [2.24, 2.45) is 0 Å². The van der Waals surface area contributed by atoms with E-state index < -0.39 is 12.2 Å². The van der Waals surface area contributed by atoms with Gasteiger partial charge in [0.1, 0.15) is 30.5 Å². The lowest BCUT2D eigenvalue weighted by atomic mass is 10.00. The van der Waals surface area contributed by atoms with Crippen LogP contribution in [0.25, 0.3) is 21.5 Å². The maximum absolute atomic E-state index is 9.75. The number of benzene rings is 3. The summed E-state index contributed by atoms with van der Waals surface area (Å²) in [7, 11) is 0. The molecular formula is C24H30O5. The van der Waals surface area contributed by atoms with Crippen LogP contribution < -0.4 is 14.2 Å². The molecule has 5 heteroatoms. The van der Waals surface area contributed by atoms with Crippen molar-refractivity contribution < 1.29 is 24.4 Å². The molecule has 0 aliphatic heterocycles. The van der Waals surface area contributed by atoms with Crippen LogP contribution in [0.4, 0.5) is 0 Å². The summed E-state index contributed by atoms with van der Waals surface area (Å²) >= 11 is 0. The monoisotopic (exact) mass is 398 g/mol. The Hall–Kier alpha value is -2.50. The van der Waals surface area contributed by atoms with Gasteiger partial charge in [-0.2, -0.15) is 0 Å². The van der Waals surface area contributed by atoms with Gasteiger partial charge in [-0.3, -0.25) is 0 Å². The number of rotatable bonds is 10. The predicted molar refractivity (Wildman–Crippen MR) is 116 cm³/mol. The Morgan fingerprint density at radius 3 is 1.86 bits per heavy atom. The van der Waals surface area contributed by atoms with Crippen LogP contribution in [0.5, 0.6) is 17.2 Å². The molecule has 3 rings (SSSR count). The summed E-state index contributed by atoms with van der Waals surface area (Å²) in [5.74, 6) is 2.17. The van der Waals surface area contributed by atoms with Crippen molar-refractivity contribution in [2.75, 3.05) is 19.8 Å². The molecule has 0 aromatic heterocycles. The Balaban J connectivity index is 2.18. The summed E-state index contributed by atoms with van der Waals surface area (Å²) in [5, 5.41) is 23.0. The fourth-order valence-corrected chi connectivity index (χ4v) is 3.22. The third-order valence-corrected chi connectivity index (χ3v) is 4.60. The molecule has 0 bridgehead atoms. The zero-order valence-electron chi connectivity index (χ0n) is 17.4. The molecule has 29 heavy (non-hydrogen) atoms. The first kappa shape index (κ1) is 21.2. The summed E-state index contributed by atoms with van der Waals surface area (Å²) in [4.78, 5) is 0. The zero-order chi connectivity index (χ0) is 20.8. The molecular weight excluding hydrogens is 368 g/mol. The molecule has 2 unspecified atom stereocenters. The standard InChI is InChI=1S/C24H30O5/c1-4-5-12-27-18-10-11-21-22(13-18)24(29-15-17(3)26)20-9-7-6-8-19(20)23(21)28-14-16(2)25/h6-11,13,16-17,25-26H,4-5,12,14-15H2,1-3H3. The molecule has 0 fully saturated rings. The summed E-state index contributed by atoms with van der Waals surface area (Å²) in [6.07, 6.45) is 0.896. The maximum atomic E-state index is 9.75. The number of aliphatic hydroxyl groups excluding tert-OH is 2. The van der Waals surface area contributed by atoms with E-state index >= 15 is 0 Å². The molecule has 0 saturated carbocycles. The Bertz CT molecular complexity index is 949. The van der Waals surface area contributed by atoms with E-state index in [0.29, 0.717) is 18.1 Å². The second kappa shape index (κ2) is 9.81. The van der Waals surface area contributed by atoms with Crippen molar-refractivity contribution in [3.63, 3.8) is 0 Å². The van der Waals surface area contributed by atoms with Crippen molar-refractivity contribution in [1.29, 1.82) is 0 Å². The van der Waals surface area contributed by atoms with Gasteiger partial charge in [-0.15, -0.1) is 0 Å². The van der Waals surface area contributed by atoms with Gasteiger partial charge in [-0.05, 0) is 38.5 Å². The number of hydrogen-bond donors (Lipinski definition) is 2. The lowest BCUT2D eigenvalue weighted by Gasteiger charge is -2.19. The molecule has 0 aliphatic rings. The van der Waals surface area contributed by atoms with Crippen LogP contribution in [-0.4, -0.2) is 42.2 Å². The Labute approximate surface area is 171 Å². The van der Waals surface area contributed by atoms with Crippen LogP contribution in [0.3, 0.4) is 0 Å². The van der Waals surface area contributed by atoms with Gasteiger partial charge in [-0.25, -0.2) is 0 Å². The van der Waals surface area contributed by atoms with Crippen molar-refractivity contribution in [3.05, 3.63) is 42.5 Å². The number of hydrogen-bond acceptors (Lipinski definition) is 5. The number of aliphatic hydroxyl groups is 2. The third-order valence-electron chi connectivity index (χ3n) is 4.60. The van der Waals surface area contributed by atoms with Gasteiger partial charge in [0.25, 0.3) is 0 Å². The molecule has 0 amide bonds. The van der Waals surface area contributed by atoms with E-state index in [0.717, 1.165) is 40.1 Å². The fourth-order valence-electron chi connectivity index (χ4n) is 3.22. The van der Waals surface area contributed by atoms with E-state index in [9.17, 15) is 10.2 Å². The second-order valence-electron chi connectivity index (χ2n) is 7.43. The highest BCUT2D eigenvalue weighted by Gasteiger charge is 2.18. The minimum absolute atomic E-state index is 0.188. The number of fused-ring (bicyclic) bond motifs is 2. The largest absolute Gasteiger partial charge is 0.494 e. The Kier molecular flexibility index (Phi) is 7.18. The van der Waals surface area contributed by atoms with E-state index in [2.05, 4.69) is 6.92 Å². The maximum Gasteiger partial charge on any atom is 0.135 e. The van der Waals surface area contributed by atoms with Crippen molar-refractivity contribution >= 4 is 21.5 Å². The van der Waals surface area contributed by atoms with Crippen molar-refractivity contribution in [1.82, 2.24) is 0 Å². The SMILES string of the molecule is CCCCOc1ccc2c(OCC(C)O)c3ccccc3c(OCC(C)O)c2c1. The van der Waals surface area contributed by atoms with Crippen LogP contribution in [-0.2, 0) is 0 Å².